The lowest BCUT2D eigenvalue weighted by atomic mass is 9.74. The first-order chi connectivity index (χ1) is 16.2. The second-order valence-corrected chi connectivity index (χ2v) is 9.97. The Morgan fingerprint density at radius 3 is 2.32 bits per heavy atom. The van der Waals surface area contributed by atoms with Gasteiger partial charge in [-0.15, -0.1) is 0 Å². The van der Waals surface area contributed by atoms with Gasteiger partial charge in [0.25, 0.3) is 0 Å². The molecule has 1 saturated carbocycles. The van der Waals surface area contributed by atoms with E-state index in [1.54, 1.807) is 12.1 Å². The molecule has 1 aliphatic carbocycles. The molecule has 184 valence electrons. The van der Waals surface area contributed by atoms with Crippen molar-refractivity contribution < 1.29 is 14.0 Å². The summed E-state index contributed by atoms with van der Waals surface area (Å²) in [5.41, 5.74) is 3.57. The molecule has 5 nitrogen and oxygen atoms in total. The third-order valence-electron chi connectivity index (χ3n) is 7.17. The number of hydrogen-bond acceptors (Lipinski definition) is 3. The summed E-state index contributed by atoms with van der Waals surface area (Å²) in [7, 11) is 4.31. The van der Waals surface area contributed by atoms with E-state index in [0.717, 1.165) is 37.7 Å². The standard InChI is InChI=1S/C28H38FN3O2/c1-20-6-5-7-22(18-20)19-28(32(3)4)16-14-25(15-17-28)31-27(34)13-12-26(33)30-21(2)23-8-10-24(29)11-9-23/h5-11,18,21,25H,12-17,19H2,1-4H3,(H,30,33)(H,31,34). The topological polar surface area (TPSA) is 61.4 Å². The van der Waals surface area contributed by atoms with Crippen LogP contribution in [-0.4, -0.2) is 42.4 Å². The number of amides is 2. The molecule has 2 aromatic carbocycles. The SMILES string of the molecule is Cc1cccc(CC2(N(C)C)CCC(NC(=O)CCC(=O)NC(C)c3ccc(F)cc3)CC2)c1. The van der Waals surface area contributed by atoms with Gasteiger partial charge >= 0.3 is 0 Å². The Kier molecular flexibility index (Phi) is 8.84. The number of benzene rings is 2. The third-order valence-corrected chi connectivity index (χ3v) is 7.17. The fraction of sp³-hybridized carbons (Fsp3) is 0.500. The predicted octanol–water partition coefficient (Wildman–Crippen LogP) is 4.69. The highest BCUT2D eigenvalue weighted by Gasteiger charge is 2.37. The maximum absolute atomic E-state index is 13.1. The summed E-state index contributed by atoms with van der Waals surface area (Å²) in [6.07, 6.45) is 5.23. The molecule has 2 N–H and O–H groups in total. The van der Waals surface area contributed by atoms with Gasteiger partial charge in [0.05, 0.1) is 6.04 Å². The Hall–Kier alpha value is -2.73. The number of carbonyl (C=O) groups excluding carboxylic acids is 2. The molecule has 0 aromatic heterocycles. The maximum atomic E-state index is 13.1. The second-order valence-electron chi connectivity index (χ2n) is 9.97. The fourth-order valence-corrected chi connectivity index (χ4v) is 4.96. The van der Waals surface area contributed by atoms with Crippen molar-refractivity contribution in [3.05, 3.63) is 71.0 Å². The summed E-state index contributed by atoms with van der Waals surface area (Å²) in [4.78, 5) is 27.1. The van der Waals surface area contributed by atoms with Crippen LogP contribution >= 0.6 is 0 Å². The van der Waals surface area contributed by atoms with E-state index >= 15 is 0 Å². The van der Waals surface area contributed by atoms with Gasteiger partial charge in [-0.1, -0.05) is 42.0 Å². The van der Waals surface area contributed by atoms with Gasteiger partial charge in [-0.25, -0.2) is 4.39 Å². The molecule has 3 rings (SSSR count). The highest BCUT2D eigenvalue weighted by Crippen LogP contribution is 2.35. The first-order valence-corrected chi connectivity index (χ1v) is 12.2. The van der Waals surface area contributed by atoms with E-state index in [0.29, 0.717) is 0 Å². The summed E-state index contributed by atoms with van der Waals surface area (Å²) in [5, 5.41) is 6.01. The van der Waals surface area contributed by atoms with Crippen molar-refractivity contribution in [1.29, 1.82) is 0 Å². The van der Waals surface area contributed by atoms with Crippen LogP contribution in [0.2, 0.25) is 0 Å². The van der Waals surface area contributed by atoms with Crippen LogP contribution in [0.4, 0.5) is 4.39 Å². The van der Waals surface area contributed by atoms with Gasteiger partial charge in [0, 0.05) is 24.4 Å². The summed E-state index contributed by atoms with van der Waals surface area (Å²) in [6.45, 7) is 3.98. The molecule has 1 aliphatic rings. The van der Waals surface area contributed by atoms with Crippen LogP contribution in [0.5, 0.6) is 0 Å². The van der Waals surface area contributed by atoms with E-state index in [-0.39, 0.29) is 48.1 Å². The number of carbonyl (C=O) groups is 2. The molecule has 2 aromatic rings. The van der Waals surface area contributed by atoms with E-state index < -0.39 is 0 Å². The summed E-state index contributed by atoms with van der Waals surface area (Å²) < 4.78 is 13.1. The van der Waals surface area contributed by atoms with Crippen LogP contribution in [0, 0.1) is 12.7 Å². The lowest BCUT2D eigenvalue weighted by Crippen LogP contribution is -2.52. The number of rotatable bonds is 9. The minimum Gasteiger partial charge on any atom is -0.353 e. The Morgan fingerprint density at radius 1 is 1.06 bits per heavy atom. The highest BCUT2D eigenvalue weighted by molar-refractivity contribution is 5.84. The smallest absolute Gasteiger partial charge is 0.220 e. The van der Waals surface area contributed by atoms with Gasteiger partial charge in [-0.2, -0.15) is 0 Å². The lowest BCUT2D eigenvalue weighted by molar-refractivity contribution is -0.127. The van der Waals surface area contributed by atoms with Crippen LogP contribution in [0.25, 0.3) is 0 Å². The minimum absolute atomic E-state index is 0.0781. The average Bonchev–Trinajstić information content (AvgIpc) is 2.79. The summed E-state index contributed by atoms with van der Waals surface area (Å²) in [6, 6.07) is 14.7. The van der Waals surface area contributed by atoms with Crippen LogP contribution in [-0.2, 0) is 16.0 Å². The number of likely N-dealkylation sites (N-methyl/N-ethyl adjacent to an activating group) is 1. The fourth-order valence-electron chi connectivity index (χ4n) is 4.96. The number of hydrogen-bond donors (Lipinski definition) is 2. The molecule has 1 fully saturated rings. The van der Waals surface area contributed by atoms with Crippen LogP contribution < -0.4 is 10.6 Å². The molecular weight excluding hydrogens is 429 g/mol. The van der Waals surface area contributed by atoms with Crippen molar-refractivity contribution in [1.82, 2.24) is 15.5 Å². The van der Waals surface area contributed by atoms with Gasteiger partial charge in [-0.05, 0) is 83.3 Å². The van der Waals surface area contributed by atoms with E-state index in [2.05, 4.69) is 60.8 Å². The Morgan fingerprint density at radius 2 is 1.71 bits per heavy atom. The van der Waals surface area contributed by atoms with Crippen molar-refractivity contribution in [3.63, 3.8) is 0 Å². The molecule has 1 unspecified atom stereocenters. The van der Waals surface area contributed by atoms with Crippen molar-refractivity contribution in [2.45, 2.75) is 76.4 Å². The van der Waals surface area contributed by atoms with Crippen LogP contribution in [0.15, 0.2) is 48.5 Å². The van der Waals surface area contributed by atoms with Crippen molar-refractivity contribution in [3.8, 4) is 0 Å². The summed E-state index contributed by atoms with van der Waals surface area (Å²) in [5.74, 6) is -0.564. The highest BCUT2D eigenvalue weighted by atomic mass is 19.1. The zero-order valence-electron chi connectivity index (χ0n) is 20.9. The van der Waals surface area contributed by atoms with Crippen molar-refractivity contribution >= 4 is 11.8 Å². The van der Waals surface area contributed by atoms with E-state index in [1.165, 1.54) is 23.3 Å². The molecule has 0 saturated heterocycles. The molecule has 6 heteroatoms. The zero-order chi connectivity index (χ0) is 24.7. The first-order valence-electron chi connectivity index (χ1n) is 12.2. The number of halogens is 1. The largest absolute Gasteiger partial charge is 0.353 e. The molecule has 34 heavy (non-hydrogen) atoms. The molecular formula is C28H38FN3O2. The molecule has 0 aliphatic heterocycles. The van der Waals surface area contributed by atoms with Gasteiger partial charge in [0.15, 0.2) is 0 Å². The molecule has 0 heterocycles. The van der Waals surface area contributed by atoms with Crippen LogP contribution in [0.1, 0.15) is 68.2 Å². The normalized spacial score (nSPS) is 21.2. The Balaban J connectivity index is 1.43. The van der Waals surface area contributed by atoms with Crippen molar-refractivity contribution in [2.24, 2.45) is 0 Å². The van der Waals surface area contributed by atoms with E-state index in [4.69, 9.17) is 0 Å². The Labute approximate surface area is 203 Å². The quantitative estimate of drug-likeness (QED) is 0.562. The minimum atomic E-state index is -0.306. The maximum Gasteiger partial charge on any atom is 0.220 e. The van der Waals surface area contributed by atoms with Crippen LogP contribution in [0.3, 0.4) is 0 Å². The van der Waals surface area contributed by atoms with E-state index in [9.17, 15) is 14.0 Å². The van der Waals surface area contributed by atoms with E-state index in [1.807, 2.05) is 6.92 Å². The number of nitrogens with zero attached hydrogens (tertiary/aromatic N) is 1. The zero-order valence-corrected chi connectivity index (χ0v) is 20.9. The number of aryl methyl sites for hydroxylation is 1. The molecule has 0 radical (unpaired) electrons. The first kappa shape index (κ1) is 25.9. The Bertz CT molecular complexity index is 966. The van der Waals surface area contributed by atoms with Crippen molar-refractivity contribution in [2.75, 3.05) is 14.1 Å². The average molecular weight is 468 g/mol. The molecule has 2 amide bonds. The number of nitrogens with one attached hydrogen (secondary N) is 2. The predicted molar refractivity (Wildman–Crippen MR) is 134 cm³/mol. The van der Waals surface area contributed by atoms with Gasteiger partial charge in [-0.3, -0.25) is 9.59 Å². The molecule has 0 bridgehead atoms. The summed E-state index contributed by atoms with van der Waals surface area (Å²) >= 11 is 0. The monoisotopic (exact) mass is 467 g/mol. The van der Waals surface area contributed by atoms with Gasteiger partial charge in [0.2, 0.25) is 11.8 Å². The molecule has 1 atom stereocenters. The molecule has 0 spiro atoms. The van der Waals surface area contributed by atoms with Gasteiger partial charge < -0.3 is 15.5 Å². The third kappa shape index (κ3) is 7.13. The lowest BCUT2D eigenvalue weighted by Gasteiger charge is -2.45. The second kappa shape index (κ2) is 11.6. The van der Waals surface area contributed by atoms with Gasteiger partial charge in [0.1, 0.15) is 5.82 Å².